The van der Waals surface area contributed by atoms with Gasteiger partial charge in [-0.2, -0.15) is 5.26 Å². The fourth-order valence-corrected chi connectivity index (χ4v) is 3.71. The molecule has 0 saturated carbocycles. The Morgan fingerprint density at radius 1 is 1.45 bits per heavy atom. The number of carboxylic acids is 1. The summed E-state index contributed by atoms with van der Waals surface area (Å²) in [5, 5.41) is 24.0. The number of carboxylic acid groups (broad SMARTS) is 1. The van der Waals surface area contributed by atoms with Crippen molar-refractivity contribution < 1.29 is 14.7 Å². The molecule has 1 aromatic heterocycles. The minimum atomic E-state index is -1.26. The first-order chi connectivity index (χ1) is 10.3. The summed E-state index contributed by atoms with van der Waals surface area (Å²) in [6, 6.07) is 2.07. The summed E-state index contributed by atoms with van der Waals surface area (Å²) in [6.45, 7) is 3.67. The number of rotatable bonds is 3. The van der Waals surface area contributed by atoms with E-state index < -0.39 is 23.7 Å². The van der Waals surface area contributed by atoms with Crippen LogP contribution < -0.4 is 10.4 Å². The molecule has 22 heavy (non-hydrogen) atoms. The molecule has 0 fully saturated rings. The van der Waals surface area contributed by atoms with E-state index in [0.29, 0.717) is 15.6 Å². The van der Waals surface area contributed by atoms with Gasteiger partial charge in [0.15, 0.2) is 0 Å². The van der Waals surface area contributed by atoms with Gasteiger partial charge in [-0.25, -0.2) is 0 Å². The molecule has 0 aromatic carbocycles. The Balaban J connectivity index is 2.25. The average molecular weight is 338 g/mol. The van der Waals surface area contributed by atoms with Crippen LogP contribution in [-0.4, -0.2) is 11.9 Å². The van der Waals surface area contributed by atoms with E-state index in [1.54, 1.807) is 6.08 Å². The summed E-state index contributed by atoms with van der Waals surface area (Å²) in [5.41, 5.74) is 1.24. The molecule has 0 bridgehead atoms. The molecule has 1 aliphatic rings. The molecule has 0 unspecified atom stereocenters. The SMILES string of the molecule is Cc1sc(NC(=O)[C@H]2CC(Cl)=CC[C@@H]2C(=O)[O-])c(C#N)c1C. The standard InChI is InChI=1S/C15H15ClN2O3S/c1-7-8(2)22-14(12(7)6-17)18-13(19)11-5-9(16)3-4-10(11)15(20)21/h3,10-11H,4-5H2,1-2H3,(H,18,19)(H,20,21)/p-1/t10-,11-/m0/s1. The van der Waals surface area contributed by atoms with Gasteiger partial charge in [0, 0.05) is 21.8 Å². The predicted octanol–water partition coefficient (Wildman–Crippen LogP) is 2.07. The largest absolute Gasteiger partial charge is 0.550 e. The molecular weight excluding hydrogens is 324 g/mol. The van der Waals surface area contributed by atoms with Crippen LogP contribution in [0, 0.1) is 37.0 Å². The second-order valence-corrected chi connectivity index (χ2v) is 6.92. The number of carbonyl (C=O) groups is 2. The Morgan fingerprint density at radius 3 is 2.73 bits per heavy atom. The number of allylic oxidation sites excluding steroid dienone is 2. The molecule has 2 rings (SSSR count). The van der Waals surface area contributed by atoms with E-state index in [0.717, 1.165) is 10.4 Å². The number of hydrogen-bond acceptors (Lipinski definition) is 5. The van der Waals surface area contributed by atoms with Crippen LogP contribution in [0.3, 0.4) is 0 Å². The van der Waals surface area contributed by atoms with Crippen molar-refractivity contribution in [2.75, 3.05) is 5.32 Å². The molecule has 1 amide bonds. The number of halogens is 1. The molecule has 0 aliphatic heterocycles. The van der Waals surface area contributed by atoms with Gasteiger partial charge < -0.3 is 15.2 Å². The van der Waals surface area contributed by atoms with E-state index in [1.165, 1.54) is 11.3 Å². The van der Waals surface area contributed by atoms with Crippen molar-refractivity contribution in [3.05, 3.63) is 27.1 Å². The number of carbonyl (C=O) groups excluding carboxylic acids is 2. The maximum Gasteiger partial charge on any atom is 0.229 e. The fourth-order valence-electron chi connectivity index (χ4n) is 2.44. The molecular formula is C15H14ClN2O3S-. The number of nitrogens with zero attached hydrogens (tertiary/aromatic N) is 1. The summed E-state index contributed by atoms with van der Waals surface area (Å²) < 4.78 is 0. The van der Waals surface area contributed by atoms with Crippen molar-refractivity contribution in [1.82, 2.24) is 0 Å². The van der Waals surface area contributed by atoms with Crippen LogP contribution >= 0.6 is 22.9 Å². The molecule has 0 radical (unpaired) electrons. The van der Waals surface area contributed by atoms with Crippen LogP contribution in [0.5, 0.6) is 0 Å². The van der Waals surface area contributed by atoms with Gasteiger partial charge in [-0.15, -0.1) is 11.3 Å². The van der Waals surface area contributed by atoms with E-state index in [9.17, 15) is 20.0 Å². The lowest BCUT2D eigenvalue weighted by Crippen LogP contribution is -2.42. The predicted molar refractivity (Wildman–Crippen MR) is 82.3 cm³/mol. The summed E-state index contributed by atoms with van der Waals surface area (Å²) in [5.74, 6) is -3.41. The zero-order valence-corrected chi connectivity index (χ0v) is 13.7. The molecule has 116 valence electrons. The van der Waals surface area contributed by atoms with Gasteiger partial charge in [0.2, 0.25) is 5.91 Å². The number of hydrogen-bond donors (Lipinski definition) is 1. The van der Waals surface area contributed by atoms with Gasteiger partial charge in [-0.05, 0) is 32.3 Å². The van der Waals surface area contributed by atoms with E-state index in [4.69, 9.17) is 11.6 Å². The number of amides is 1. The molecule has 1 aromatic rings. The van der Waals surface area contributed by atoms with Gasteiger partial charge in [0.05, 0.1) is 11.5 Å². The zero-order valence-electron chi connectivity index (χ0n) is 12.1. The van der Waals surface area contributed by atoms with Crippen molar-refractivity contribution in [3.63, 3.8) is 0 Å². The molecule has 1 aliphatic carbocycles. The Bertz CT molecular complexity index is 702. The second-order valence-electron chi connectivity index (χ2n) is 5.21. The summed E-state index contributed by atoms with van der Waals surface area (Å²) in [6.07, 6.45) is 1.94. The lowest BCUT2D eigenvalue weighted by molar-refractivity contribution is -0.313. The highest BCUT2D eigenvalue weighted by atomic mass is 35.5. The minimum Gasteiger partial charge on any atom is -0.550 e. The van der Waals surface area contributed by atoms with Crippen LogP contribution in [-0.2, 0) is 9.59 Å². The quantitative estimate of drug-likeness (QED) is 0.913. The molecule has 0 saturated heterocycles. The number of nitrogens with one attached hydrogen (secondary N) is 1. The first-order valence-electron chi connectivity index (χ1n) is 6.71. The van der Waals surface area contributed by atoms with Gasteiger partial charge >= 0.3 is 0 Å². The highest BCUT2D eigenvalue weighted by Gasteiger charge is 2.33. The molecule has 7 heteroatoms. The number of anilines is 1. The van der Waals surface area contributed by atoms with E-state index in [2.05, 4.69) is 11.4 Å². The summed E-state index contributed by atoms with van der Waals surface area (Å²) in [4.78, 5) is 24.6. The number of nitriles is 1. The van der Waals surface area contributed by atoms with Crippen molar-refractivity contribution >= 4 is 39.8 Å². The van der Waals surface area contributed by atoms with Crippen LogP contribution in [0.15, 0.2) is 11.1 Å². The fraction of sp³-hybridized carbons (Fsp3) is 0.400. The zero-order chi connectivity index (χ0) is 16.4. The smallest absolute Gasteiger partial charge is 0.229 e. The second kappa shape index (κ2) is 6.51. The van der Waals surface area contributed by atoms with Crippen molar-refractivity contribution in [1.29, 1.82) is 5.26 Å². The Morgan fingerprint density at radius 2 is 2.14 bits per heavy atom. The lowest BCUT2D eigenvalue weighted by atomic mass is 9.82. The third-order valence-corrected chi connectivity index (χ3v) is 5.30. The molecule has 1 N–H and O–H groups in total. The van der Waals surface area contributed by atoms with Crippen LogP contribution in [0.1, 0.15) is 28.8 Å². The van der Waals surface area contributed by atoms with E-state index in [1.807, 2.05) is 13.8 Å². The van der Waals surface area contributed by atoms with Gasteiger partial charge in [-0.3, -0.25) is 4.79 Å². The molecule has 2 atom stereocenters. The number of thiophene rings is 1. The Hall–Kier alpha value is -1.84. The van der Waals surface area contributed by atoms with E-state index >= 15 is 0 Å². The van der Waals surface area contributed by atoms with Crippen LogP contribution in [0.25, 0.3) is 0 Å². The highest BCUT2D eigenvalue weighted by Crippen LogP contribution is 2.35. The summed E-state index contributed by atoms with van der Waals surface area (Å²) in [7, 11) is 0. The highest BCUT2D eigenvalue weighted by molar-refractivity contribution is 7.16. The van der Waals surface area contributed by atoms with Crippen LogP contribution in [0.2, 0.25) is 0 Å². The maximum atomic E-state index is 12.4. The van der Waals surface area contributed by atoms with Crippen molar-refractivity contribution in [2.45, 2.75) is 26.7 Å². The third-order valence-electron chi connectivity index (χ3n) is 3.87. The van der Waals surface area contributed by atoms with Gasteiger partial charge in [0.1, 0.15) is 11.1 Å². The van der Waals surface area contributed by atoms with Crippen molar-refractivity contribution in [2.24, 2.45) is 11.8 Å². The number of aryl methyl sites for hydroxylation is 1. The Kier molecular flexibility index (Phi) is 4.89. The molecule has 1 heterocycles. The van der Waals surface area contributed by atoms with Gasteiger partial charge in [-0.1, -0.05) is 17.7 Å². The normalized spacial score (nSPS) is 20.9. The van der Waals surface area contributed by atoms with Crippen LogP contribution in [0.4, 0.5) is 5.00 Å². The first-order valence-corrected chi connectivity index (χ1v) is 7.91. The molecule has 5 nitrogen and oxygen atoms in total. The maximum absolute atomic E-state index is 12.4. The van der Waals surface area contributed by atoms with E-state index in [-0.39, 0.29) is 12.8 Å². The monoisotopic (exact) mass is 337 g/mol. The topological polar surface area (TPSA) is 93.0 Å². The Labute approximate surface area is 137 Å². The van der Waals surface area contributed by atoms with Gasteiger partial charge in [0.25, 0.3) is 0 Å². The van der Waals surface area contributed by atoms with Crippen molar-refractivity contribution in [3.8, 4) is 6.07 Å². The minimum absolute atomic E-state index is 0.164. The first kappa shape index (κ1) is 16.5. The number of aliphatic carboxylic acids is 1. The molecule has 0 spiro atoms. The lowest BCUT2D eigenvalue weighted by Gasteiger charge is -2.29. The summed E-state index contributed by atoms with van der Waals surface area (Å²) >= 11 is 7.24. The average Bonchev–Trinajstić information content (AvgIpc) is 2.72. The third kappa shape index (κ3) is 3.16.